The zero-order valence-corrected chi connectivity index (χ0v) is 20.2. The number of amides is 2. The molecule has 4 rings (SSSR count). The zero-order chi connectivity index (χ0) is 25.7. The molecule has 1 unspecified atom stereocenters. The zero-order valence-electron chi connectivity index (χ0n) is 20.2. The van der Waals surface area contributed by atoms with Crippen molar-refractivity contribution in [1.29, 1.82) is 0 Å². The van der Waals surface area contributed by atoms with Crippen molar-refractivity contribution in [2.45, 2.75) is 12.5 Å². The molecule has 1 atom stereocenters. The molecule has 1 fully saturated rings. The minimum absolute atomic E-state index is 0.153. The van der Waals surface area contributed by atoms with Crippen LogP contribution in [0, 0.1) is 0 Å². The van der Waals surface area contributed by atoms with Crippen molar-refractivity contribution in [2.75, 3.05) is 51.9 Å². The summed E-state index contributed by atoms with van der Waals surface area (Å²) < 4.78 is 15.8. The third-order valence-corrected chi connectivity index (χ3v) is 6.22. The second-order valence-electron chi connectivity index (χ2n) is 8.42. The van der Waals surface area contributed by atoms with Gasteiger partial charge in [-0.2, -0.15) is 0 Å². The average molecular weight is 496 g/mol. The van der Waals surface area contributed by atoms with Gasteiger partial charge in [0.25, 0.3) is 0 Å². The summed E-state index contributed by atoms with van der Waals surface area (Å²) in [6.07, 6.45) is -0.153. The number of benzene rings is 2. The molecular weight excluding hydrogens is 466 g/mol. The van der Waals surface area contributed by atoms with E-state index in [1.807, 2.05) is 24.3 Å². The van der Waals surface area contributed by atoms with Gasteiger partial charge in [0.05, 0.1) is 32.9 Å². The number of aliphatic hydroxyl groups excluding tert-OH is 1. The number of anilines is 1. The molecular formula is C26H29N3O7. The van der Waals surface area contributed by atoms with Gasteiger partial charge in [-0.15, -0.1) is 0 Å². The number of aliphatic hydroxyl groups is 1. The summed E-state index contributed by atoms with van der Waals surface area (Å²) in [5.41, 5.74) is 1.11. The Morgan fingerprint density at radius 3 is 2.50 bits per heavy atom. The van der Waals surface area contributed by atoms with Gasteiger partial charge in [0, 0.05) is 43.7 Å². The van der Waals surface area contributed by atoms with Crippen molar-refractivity contribution < 1.29 is 28.6 Å². The summed E-state index contributed by atoms with van der Waals surface area (Å²) in [4.78, 5) is 41.6. The molecule has 2 N–H and O–H groups in total. The number of carbonyl (C=O) groups excluding carboxylic acids is 2. The standard InChI is InChI=1S/C26H29N3O7/c1-34-18-7-8-19-17(14-25(32)36-23(19)15-18)13-24(31)27-20(16-30)26(33)29-11-9-28(10-12-29)21-5-3-4-6-22(21)35-2/h3-8,14-15,20,30H,9-13,16H2,1-2H3,(H,27,31). The highest BCUT2D eigenvalue weighted by Crippen LogP contribution is 2.28. The first-order valence-electron chi connectivity index (χ1n) is 11.6. The van der Waals surface area contributed by atoms with E-state index < -0.39 is 24.2 Å². The quantitative estimate of drug-likeness (QED) is 0.447. The van der Waals surface area contributed by atoms with Crippen molar-refractivity contribution in [2.24, 2.45) is 0 Å². The summed E-state index contributed by atoms with van der Waals surface area (Å²) in [5.74, 6) is 0.438. The maximum atomic E-state index is 13.0. The Morgan fingerprint density at radius 1 is 1.06 bits per heavy atom. The number of ether oxygens (including phenoxy) is 2. The first-order valence-corrected chi connectivity index (χ1v) is 11.6. The summed E-state index contributed by atoms with van der Waals surface area (Å²) in [6.45, 7) is 1.53. The van der Waals surface area contributed by atoms with Gasteiger partial charge >= 0.3 is 5.63 Å². The van der Waals surface area contributed by atoms with Crippen LogP contribution in [0.15, 0.2) is 57.7 Å². The van der Waals surface area contributed by atoms with Crippen molar-refractivity contribution in [3.63, 3.8) is 0 Å². The number of para-hydroxylation sites is 2. The van der Waals surface area contributed by atoms with Gasteiger partial charge in [-0.25, -0.2) is 4.79 Å². The summed E-state index contributed by atoms with van der Waals surface area (Å²) in [6, 6.07) is 12.8. The van der Waals surface area contributed by atoms with Crippen LogP contribution >= 0.6 is 0 Å². The van der Waals surface area contributed by atoms with Gasteiger partial charge in [-0.3, -0.25) is 9.59 Å². The molecule has 2 aromatic carbocycles. The number of methoxy groups -OCH3 is 2. The lowest BCUT2D eigenvalue weighted by Crippen LogP contribution is -2.56. The lowest BCUT2D eigenvalue weighted by atomic mass is 10.1. The molecule has 2 amide bonds. The molecule has 1 aliphatic heterocycles. The number of piperazine rings is 1. The Labute approximate surface area is 208 Å². The number of fused-ring (bicyclic) bond motifs is 1. The highest BCUT2D eigenvalue weighted by Gasteiger charge is 2.29. The van der Waals surface area contributed by atoms with E-state index >= 15 is 0 Å². The van der Waals surface area contributed by atoms with Gasteiger partial charge in [0.2, 0.25) is 11.8 Å². The average Bonchev–Trinajstić information content (AvgIpc) is 2.90. The number of hydrogen-bond donors (Lipinski definition) is 2. The molecule has 190 valence electrons. The molecule has 1 aromatic heterocycles. The number of rotatable bonds is 8. The van der Waals surface area contributed by atoms with Crippen LogP contribution in [0.3, 0.4) is 0 Å². The van der Waals surface area contributed by atoms with Crippen LogP contribution in [0.4, 0.5) is 5.69 Å². The first kappa shape index (κ1) is 25.1. The normalized spacial score (nSPS) is 14.4. The Bertz CT molecular complexity index is 1300. The third kappa shape index (κ3) is 5.44. The molecule has 0 spiro atoms. The van der Waals surface area contributed by atoms with E-state index in [-0.39, 0.29) is 12.3 Å². The van der Waals surface area contributed by atoms with Crippen LogP contribution in [-0.2, 0) is 16.0 Å². The van der Waals surface area contributed by atoms with Crippen LogP contribution in [0.25, 0.3) is 11.0 Å². The Hall–Kier alpha value is -4.05. The molecule has 36 heavy (non-hydrogen) atoms. The lowest BCUT2D eigenvalue weighted by molar-refractivity contribution is -0.137. The molecule has 0 aliphatic carbocycles. The van der Waals surface area contributed by atoms with Crippen LogP contribution in [0.2, 0.25) is 0 Å². The summed E-state index contributed by atoms with van der Waals surface area (Å²) in [7, 11) is 3.12. The Morgan fingerprint density at radius 2 is 1.81 bits per heavy atom. The maximum Gasteiger partial charge on any atom is 0.336 e. The third-order valence-electron chi connectivity index (χ3n) is 6.22. The molecule has 0 radical (unpaired) electrons. The lowest BCUT2D eigenvalue weighted by Gasteiger charge is -2.37. The first-order chi connectivity index (χ1) is 17.4. The second kappa shape index (κ2) is 11.1. The monoisotopic (exact) mass is 495 g/mol. The summed E-state index contributed by atoms with van der Waals surface area (Å²) in [5, 5.41) is 13.0. The molecule has 2 heterocycles. The number of nitrogens with one attached hydrogen (secondary N) is 1. The predicted molar refractivity (Wildman–Crippen MR) is 134 cm³/mol. The molecule has 3 aromatic rings. The molecule has 10 heteroatoms. The van der Waals surface area contributed by atoms with Gasteiger partial charge in [-0.05, 0) is 29.8 Å². The SMILES string of the molecule is COc1ccc2c(CC(=O)NC(CO)C(=O)N3CCN(c4ccccc4OC)CC3)cc(=O)oc2c1. The fraction of sp³-hybridized carbons (Fsp3) is 0.346. The Kier molecular flexibility index (Phi) is 7.74. The highest BCUT2D eigenvalue weighted by atomic mass is 16.5. The minimum Gasteiger partial charge on any atom is -0.497 e. The van der Waals surface area contributed by atoms with Gasteiger partial charge in [0.1, 0.15) is 23.1 Å². The number of hydrogen-bond acceptors (Lipinski definition) is 8. The molecule has 1 saturated heterocycles. The van der Waals surface area contributed by atoms with Gasteiger partial charge < -0.3 is 34.1 Å². The predicted octanol–water partition coefficient (Wildman–Crippen LogP) is 1.18. The molecule has 0 saturated carbocycles. The largest absolute Gasteiger partial charge is 0.497 e. The smallest absolute Gasteiger partial charge is 0.336 e. The fourth-order valence-electron chi connectivity index (χ4n) is 4.37. The van der Waals surface area contributed by atoms with Crippen LogP contribution in [-0.4, -0.2) is 74.9 Å². The Balaban J connectivity index is 1.39. The highest BCUT2D eigenvalue weighted by molar-refractivity contribution is 5.91. The molecule has 1 aliphatic rings. The number of nitrogens with zero attached hydrogens (tertiary/aromatic N) is 2. The van der Waals surface area contributed by atoms with Crippen LogP contribution < -0.4 is 25.3 Å². The fourth-order valence-corrected chi connectivity index (χ4v) is 4.37. The van der Waals surface area contributed by atoms with E-state index in [1.165, 1.54) is 13.2 Å². The van der Waals surface area contributed by atoms with E-state index in [4.69, 9.17) is 13.9 Å². The van der Waals surface area contributed by atoms with Crippen LogP contribution in [0.5, 0.6) is 11.5 Å². The van der Waals surface area contributed by atoms with Crippen molar-refractivity contribution in [3.8, 4) is 11.5 Å². The van der Waals surface area contributed by atoms with Crippen molar-refractivity contribution in [1.82, 2.24) is 10.2 Å². The minimum atomic E-state index is -1.08. The summed E-state index contributed by atoms with van der Waals surface area (Å²) >= 11 is 0. The second-order valence-corrected chi connectivity index (χ2v) is 8.42. The maximum absolute atomic E-state index is 13.0. The van der Waals surface area contributed by atoms with Gasteiger partial charge in [-0.1, -0.05) is 12.1 Å². The van der Waals surface area contributed by atoms with Crippen molar-refractivity contribution >= 4 is 28.5 Å². The molecule has 0 bridgehead atoms. The van der Waals surface area contributed by atoms with Crippen LogP contribution in [0.1, 0.15) is 5.56 Å². The van der Waals surface area contributed by atoms with E-state index in [1.54, 1.807) is 30.2 Å². The van der Waals surface area contributed by atoms with Gasteiger partial charge in [0.15, 0.2) is 0 Å². The van der Waals surface area contributed by atoms with E-state index in [0.29, 0.717) is 48.5 Å². The topological polar surface area (TPSA) is 122 Å². The van der Waals surface area contributed by atoms with E-state index in [2.05, 4.69) is 10.2 Å². The van der Waals surface area contributed by atoms with Crippen molar-refractivity contribution in [3.05, 3.63) is 64.5 Å². The van der Waals surface area contributed by atoms with E-state index in [9.17, 15) is 19.5 Å². The number of carbonyl (C=O) groups is 2. The molecule has 10 nitrogen and oxygen atoms in total. The van der Waals surface area contributed by atoms with E-state index in [0.717, 1.165) is 11.4 Å².